The minimum absolute atomic E-state index is 1.13. The molecule has 0 radical (unpaired) electrons. The Balaban J connectivity index is 1.93. The van der Waals surface area contributed by atoms with Crippen LogP contribution in [0.3, 0.4) is 0 Å². The minimum Gasteiger partial charge on any atom is -0.369 e. The number of aromatic nitrogens is 1. The van der Waals surface area contributed by atoms with Gasteiger partial charge in [-0.05, 0) is 23.6 Å². The summed E-state index contributed by atoms with van der Waals surface area (Å²) in [5.41, 5.74) is 6.78. The molecule has 1 saturated heterocycles. The van der Waals surface area contributed by atoms with Crippen LogP contribution in [-0.4, -0.2) is 23.0 Å². The standard InChI is InChI=1S/C15H14N2/c1-10-3-2-4-13-14(6-16-15(10)13)12-5-11-7-17(8-11)9-12/h2-6,9,16H,7-8H2,1H3. The highest BCUT2D eigenvalue weighted by atomic mass is 15.2. The predicted molar refractivity (Wildman–Crippen MR) is 70.7 cm³/mol. The predicted octanol–water partition coefficient (Wildman–Crippen LogP) is 3.07. The Labute approximate surface area is 100 Å². The first-order chi connectivity index (χ1) is 8.31. The Morgan fingerprint density at radius 3 is 2.88 bits per heavy atom. The number of aryl methyl sites for hydroxylation is 1. The van der Waals surface area contributed by atoms with Gasteiger partial charge in [-0.2, -0.15) is 0 Å². The van der Waals surface area contributed by atoms with E-state index in [0.717, 1.165) is 13.1 Å². The number of hydrogen-bond acceptors (Lipinski definition) is 1. The molecule has 4 heterocycles. The molecule has 3 aliphatic heterocycles. The first kappa shape index (κ1) is 9.11. The van der Waals surface area contributed by atoms with Gasteiger partial charge in [-0.25, -0.2) is 0 Å². The van der Waals surface area contributed by atoms with E-state index in [1.54, 1.807) is 5.57 Å². The summed E-state index contributed by atoms with van der Waals surface area (Å²) in [4.78, 5) is 5.76. The number of benzene rings is 1. The van der Waals surface area contributed by atoms with E-state index in [9.17, 15) is 0 Å². The van der Waals surface area contributed by atoms with Crippen LogP contribution in [0.2, 0.25) is 0 Å². The van der Waals surface area contributed by atoms with E-state index in [1.807, 2.05) is 0 Å². The van der Waals surface area contributed by atoms with Gasteiger partial charge in [-0.3, -0.25) is 0 Å². The molecule has 1 aromatic heterocycles. The zero-order valence-corrected chi connectivity index (χ0v) is 9.83. The number of para-hydroxylation sites is 1. The van der Waals surface area contributed by atoms with Crippen LogP contribution in [0.15, 0.2) is 42.2 Å². The third kappa shape index (κ3) is 1.21. The van der Waals surface area contributed by atoms with Crippen LogP contribution >= 0.6 is 0 Å². The smallest absolute Gasteiger partial charge is 0.0490 e. The lowest BCUT2D eigenvalue weighted by atomic mass is 9.95. The lowest BCUT2D eigenvalue weighted by Gasteiger charge is -2.37. The van der Waals surface area contributed by atoms with E-state index in [-0.39, 0.29) is 0 Å². The summed E-state index contributed by atoms with van der Waals surface area (Å²) >= 11 is 0. The quantitative estimate of drug-likeness (QED) is 0.785. The lowest BCUT2D eigenvalue weighted by molar-refractivity contribution is 0.346. The summed E-state index contributed by atoms with van der Waals surface area (Å²) in [5.74, 6) is 0. The first-order valence-electron chi connectivity index (χ1n) is 6.04. The number of allylic oxidation sites excluding steroid dienone is 2. The second-order valence-corrected chi connectivity index (χ2v) is 4.99. The van der Waals surface area contributed by atoms with Crippen molar-refractivity contribution in [3.63, 3.8) is 0 Å². The topological polar surface area (TPSA) is 19.0 Å². The number of rotatable bonds is 1. The normalized spacial score (nSPS) is 17.8. The molecule has 0 spiro atoms. The van der Waals surface area contributed by atoms with Crippen LogP contribution in [0.25, 0.3) is 16.5 Å². The molecule has 84 valence electrons. The molecular formula is C15H14N2. The van der Waals surface area contributed by atoms with Crippen molar-refractivity contribution in [3.05, 3.63) is 53.4 Å². The highest BCUT2D eigenvalue weighted by Gasteiger charge is 2.23. The van der Waals surface area contributed by atoms with Gasteiger partial charge >= 0.3 is 0 Å². The molecule has 0 amide bonds. The first-order valence-corrected chi connectivity index (χ1v) is 6.04. The van der Waals surface area contributed by atoms with Crippen LogP contribution in [0.1, 0.15) is 11.1 Å². The largest absolute Gasteiger partial charge is 0.369 e. The van der Waals surface area contributed by atoms with Gasteiger partial charge in [0.2, 0.25) is 0 Å². The van der Waals surface area contributed by atoms with Crippen molar-refractivity contribution in [3.8, 4) is 0 Å². The number of aromatic amines is 1. The van der Waals surface area contributed by atoms with Crippen molar-refractivity contribution in [2.24, 2.45) is 0 Å². The van der Waals surface area contributed by atoms with Crippen LogP contribution in [0, 0.1) is 6.92 Å². The molecule has 5 rings (SSSR count). The third-order valence-corrected chi connectivity index (χ3v) is 3.73. The molecule has 2 bridgehead atoms. The van der Waals surface area contributed by atoms with Crippen LogP contribution < -0.4 is 0 Å². The zero-order chi connectivity index (χ0) is 11.4. The van der Waals surface area contributed by atoms with Gasteiger partial charge in [0.25, 0.3) is 0 Å². The van der Waals surface area contributed by atoms with Crippen molar-refractivity contribution >= 4 is 16.5 Å². The molecular weight excluding hydrogens is 208 g/mol. The molecule has 17 heavy (non-hydrogen) atoms. The zero-order valence-electron chi connectivity index (χ0n) is 9.83. The maximum Gasteiger partial charge on any atom is 0.0490 e. The molecule has 2 nitrogen and oxygen atoms in total. The lowest BCUT2D eigenvalue weighted by Crippen LogP contribution is -2.38. The van der Waals surface area contributed by atoms with Gasteiger partial charge in [0, 0.05) is 42.0 Å². The fourth-order valence-corrected chi connectivity index (χ4v) is 2.80. The Kier molecular flexibility index (Phi) is 1.63. The summed E-state index contributed by atoms with van der Waals surface area (Å²) in [5, 5.41) is 1.33. The molecule has 0 aliphatic carbocycles. The highest BCUT2D eigenvalue weighted by Crippen LogP contribution is 2.33. The van der Waals surface area contributed by atoms with E-state index in [4.69, 9.17) is 0 Å². The van der Waals surface area contributed by atoms with E-state index in [2.05, 4.69) is 53.5 Å². The Hall–Kier alpha value is -1.96. The van der Waals surface area contributed by atoms with E-state index >= 15 is 0 Å². The van der Waals surface area contributed by atoms with Gasteiger partial charge in [0.15, 0.2) is 0 Å². The monoisotopic (exact) mass is 222 g/mol. The molecule has 3 aliphatic rings. The summed E-state index contributed by atoms with van der Waals surface area (Å²) in [7, 11) is 0. The minimum atomic E-state index is 1.13. The molecule has 0 unspecified atom stereocenters. The molecule has 0 saturated carbocycles. The fourth-order valence-electron chi connectivity index (χ4n) is 2.80. The van der Waals surface area contributed by atoms with Crippen LogP contribution in [-0.2, 0) is 0 Å². The second kappa shape index (κ2) is 3.04. The number of nitrogens with zero attached hydrogens (tertiary/aromatic N) is 1. The SMILES string of the molecule is Cc1cccc2c(C3=CN4CC(=C3)C4)c[nH]c12. The van der Waals surface area contributed by atoms with Crippen LogP contribution in [0.4, 0.5) is 0 Å². The average molecular weight is 222 g/mol. The Bertz CT molecular complexity index is 665. The molecule has 1 N–H and O–H groups in total. The Morgan fingerprint density at radius 1 is 1.24 bits per heavy atom. The number of nitrogens with one attached hydrogen (secondary N) is 1. The van der Waals surface area contributed by atoms with Gasteiger partial charge in [0.1, 0.15) is 0 Å². The van der Waals surface area contributed by atoms with Gasteiger partial charge in [-0.15, -0.1) is 0 Å². The molecule has 1 fully saturated rings. The summed E-state index contributed by atoms with van der Waals surface area (Å²) in [6.07, 6.45) is 6.75. The molecule has 2 aromatic rings. The van der Waals surface area contributed by atoms with Gasteiger partial charge in [-0.1, -0.05) is 24.3 Å². The van der Waals surface area contributed by atoms with E-state index in [1.165, 1.54) is 27.6 Å². The Morgan fingerprint density at radius 2 is 2.12 bits per heavy atom. The number of fused-ring (bicyclic) bond motifs is 2. The summed E-state index contributed by atoms with van der Waals surface area (Å²) in [6, 6.07) is 6.48. The van der Waals surface area contributed by atoms with Crippen LogP contribution in [0.5, 0.6) is 0 Å². The highest BCUT2D eigenvalue weighted by molar-refractivity contribution is 5.97. The maximum absolute atomic E-state index is 3.39. The molecule has 2 heteroatoms. The number of hydrogen-bond donors (Lipinski definition) is 1. The van der Waals surface area contributed by atoms with Crippen molar-refractivity contribution in [2.45, 2.75) is 6.92 Å². The van der Waals surface area contributed by atoms with E-state index < -0.39 is 0 Å². The average Bonchev–Trinajstić information content (AvgIpc) is 2.73. The molecule has 0 atom stereocenters. The maximum atomic E-state index is 3.39. The summed E-state index contributed by atoms with van der Waals surface area (Å²) < 4.78 is 0. The van der Waals surface area contributed by atoms with Crippen molar-refractivity contribution in [2.75, 3.05) is 13.1 Å². The van der Waals surface area contributed by atoms with E-state index in [0.29, 0.717) is 0 Å². The summed E-state index contributed by atoms with van der Waals surface area (Å²) in [6.45, 7) is 4.41. The van der Waals surface area contributed by atoms with Crippen molar-refractivity contribution in [1.29, 1.82) is 0 Å². The molecule has 1 aromatic carbocycles. The van der Waals surface area contributed by atoms with Gasteiger partial charge in [0.05, 0.1) is 0 Å². The fraction of sp³-hybridized carbons (Fsp3) is 0.200. The second-order valence-electron chi connectivity index (χ2n) is 4.99. The third-order valence-electron chi connectivity index (χ3n) is 3.73. The van der Waals surface area contributed by atoms with Crippen molar-refractivity contribution in [1.82, 2.24) is 9.88 Å². The van der Waals surface area contributed by atoms with Gasteiger partial charge < -0.3 is 9.88 Å². The van der Waals surface area contributed by atoms with Crippen molar-refractivity contribution < 1.29 is 0 Å². The number of H-pyrrole nitrogens is 1.